The summed E-state index contributed by atoms with van der Waals surface area (Å²) in [6, 6.07) is 5.76. The van der Waals surface area contributed by atoms with Gasteiger partial charge in [0.2, 0.25) is 0 Å². The fraction of sp³-hybridized carbons (Fsp3) is 0.150. The van der Waals surface area contributed by atoms with Crippen molar-refractivity contribution in [1.82, 2.24) is 15.3 Å². The number of nitrogens with one attached hydrogen (secondary N) is 1. The van der Waals surface area contributed by atoms with Crippen molar-refractivity contribution in [2.45, 2.75) is 18.4 Å². The van der Waals surface area contributed by atoms with E-state index in [9.17, 15) is 31.1 Å². The van der Waals surface area contributed by atoms with Gasteiger partial charge in [-0.05, 0) is 42.0 Å². The Morgan fingerprint density at radius 2 is 1.59 bits per heavy atom. The molecule has 2 aromatic heterocycles. The number of alkyl halides is 6. The molecule has 0 aliphatic rings. The first-order valence-corrected chi connectivity index (χ1v) is 9.27. The zero-order chi connectivity index (χ0) is 23.5. The van der Waals surface area contributed by atoms with E-state index in [1.165, 1.54) is 24.5 Å². The lowest BCUT2D eigenvalue weighted by Gasteiger charge is -2.25. The fourth-order valence-electron chi connectivity index (χ4n) is 2.84. The quantitative estimate of drug-likeness (QED) is 0.380. The molecule has 0 bridgehead atoms. The van der Waals surface area contributed by atoms with Crippen molar-refractivity contribution >= 4 is 24.5 Å². The van der Waals surface area contributed by atoms with Crippen molar-refractivity contribution in [2.24, 2.45) is 0 Å². The Kier molecular flexibility index (Phi) is 6.63. The summed E-state index contributed by atoms with van der Waals surface area (Å²) in [6.07, 6.45) is -5.63. The Labute approximate surface area is 183 Å². The summed E-state index contributed by atoms with van der Waals surface area (Å²) in [7, 11) is 0. The highest BCUT2D eigenvalue weighted by Crippen LogP contribution is 2.36. The van der Waals surface area contributed by atoms with E-state index in [0.717, 1.165) is 34.8 Å². The number of carbonyl (C=O) groups is 1. The van der Waals surface area contributed by atoms with Crippen LogP contribution < -0.4 is 9.62 Å². The van der Waals surface area contributed by atoms with E-state index in [0.29, 0.717) is 12.1 Å². The topological polar surface area (TPSA) is 58.1 Å². The number of hydrogen-bond donors (Lipinski definition) is 2. The minimum absolute atomic E-state index is 0.0385. The van der Waals surface area contributed by atoms with Gasteiger partial charge in [0.05, 0.1) is 34.7 Å². The van der Waals surface area contributed by atoms with E-state index in [1.54, 1.807) is 0 Å². The van der Waals surface area contributed by atoms with Gasteiger partial charge in [-0.3, -0.25) is 9.97 Å². The first-order valence-electron chi connectivity index (χ1n) is 8.87. The highest BCUT2D eigenvalue weighted by atomic mass is 32.1. The monoisotopic (exact) mass is 472 g/mol. The minimum atomic E-state index is -4.82. The van der Waals surface area contributed by atoms with Gasteiger partial charge in [0, 0.05) is 12.4 Å². The van der Waals surface area contributed by atoms with Gasteiger partial charge >= 0.3 is 18.4 Å². The molecule has 3 rings (SSSR count). The maximum atomic E-state index is 13.6. The van der Waals surface area contributed by atoms with Crippen molar-refractivity contribution in [2.75, 3.05) is 4.31 Å². The highest BCUT2D eigenvalue weighted by molar-refractivity contribution is 7.82. The Bertz CT molecular complexity index is 1070. The molecule has 32 heavy (non-hydrogen) atoms. The molecule has 1 unspecified atom stereocenters. The molecule has 0 saturated heterocycles. The van der Waals surface area contributed by atoms with Crippen molar-refractivity contribution in [3.8, 4) is 0 Å². The number of benzene rings is 1. The van der Waals surface area contributed by atoms with Crippen LogP contribution in [-0.4, -0.2) is 16.0 Å². The largest absolute Gasteiger partial charge is 0.418 e. The van der Waals surface area contributed by atoms with Crippen LogP contribution in [0.4, 0.5) is 36.8 Å². The number of hydrogen-bond acceptors (Lipinski definition) is 4. The molecule has 12 heteroatoms. The smallest absolute Gasteiger partial charge is 0.324 e. The number of aromatic nitrogens is 2. The number of halogens is 6. The van der Waals surface area contributed by atoms with Crippen molar-refractivity contribution in [1.29, 1.82) is 0 Å². The lowest BCUT2D eigenvalue weighted by atomic mass is 9.98. The summed E-state index contributed by atoms with van der Waals surface area (Å²) in [5, 5.41) is 2.36. The second kappa shape index (κ2) is 9.07. The molecule has 0 spiro atoms. The summed E-state index contributed by atoms with van der Waals surface area (Å²) >= 11 is 4.04. The predicted octanol–water partition coefficient (Wildman–Crippen LogP) is 5.66. The molecule has 0 radical (unpaired) electrons. The van der Waals surface area contributed by atoms with E-state index >= 15 is 0 Å². The van der Waals surface area contributed by atoms with Gasteiger partial charge < -0.3 is 5.32 Å². The molecular formula is C20H14F6N4OS. The molecule has 0 saturated carbocycles. The van der Waals surface area contributed by atoms with Crippen LogP contribution in [0, 0.1) is 0 Å². The number of nitrogens with zero attached hydrogens (tertiary/aromatic N) is 3. The number of pyridine rings is 2. The van der Waals surface area contributed by atoms with Gasteiger partial charge in [-0.15, -0.1) is 0 Å². The molecule has 3 aromatic rings. The van der Waals surface area contributed by atoms with Crippen LogP contribution in [0.3, 0.4) is 0 Å². The molecule has 5 nitrogen and oxygen atoms in total. The fourth-order valence-corrected chi connectivity index (χ4v) is 3.02. The van der Waals surface area contributed by atoms with E-state index in [1.807, 2.05) is 0 Å². The van der Waals surface area contributed by atoms with Crippen LogP contribution in [0.5, 0.6) is 0 Å². The summed E-state index contributed by atoms with van der Waals surface area (Å²) in [4.78, 5) is 20.3. The molecule has 2 amide bonds. The van der Waals surface area contributed by atoms with Gasteiger partial charge in [-0.25, -0.2) is 9.10 Å². The van der Waals surface area contributed by atoms with Crippen LogP contribution in [0.15, 0.2) is 67.1 Å². The van der Waals surface area contributed by atoms with Crippen molar-refractivity contribution in [3.05, 3.63) is 89.5 Å². The van der Waals surface area contributed by atoms with Gasteiger partial charge in [0.1, 0.15) is 0 Å². The van der Waals surface area contributed by atoms with E-state index in [-0.39, 0.29) is 11.3 Å². The van der Waals surface area contributed by atoms with E-state index in [2.05, 4.69) is 28.1 Å². The van der Waals surface area contributed by atoms with E-state index in [4.69, 9.17) is 0 Å². The third-order valence-electron chi connectivity index (χ3n) is 4.34. The minimum Gasteiger partial charge on any atom is -0.324 e. The maximum Gasteiger partial charge on any atom is 0.418 e. The average molecular weight is 472 g/mol. The van der Waals surface area contributed by atoms with Gasteiger partial charge in [-0.1, -0.05) is 24.9 Å². The zero-order valence-corrected chi connectivity index (χ0v) is 16.8. The molecule has 1 N–H and O–H groups in total. The maximum absolute atomic E-state index is 13.6. The molecule has 2 heterocycles. The molecule has 1 atom stereocenters. The Morgan fingerprint density at radius 3 is 2.16 bits per heavy atom. The van der Waals surface area contributed by atoms with Crippen molar-refractivity contribution < 1.29 is 31.1 Å². The van der Waals surface area contributed by atoms with Crippen LogP contribution in [0.2, 0.25) is 0 Å². The van der Waals surface area contributed by atoms with E-state index < -0.39 is 41.2 Å². The average Bonchev–Trinajstić information content (AvgIpc) is 2.76. The first kappa shape index (κ1) is 23.4. The SMILES string of the molecule is O=C(NC(c1ccc(C(F)(F)F)cc1)c1ncccc1C(F)(F)F)N(S)c1cccnc1. The molecular weight excluding hydrogens is 458 g/mol. The second-order valence-corrected chi connectivity index (χ2v) is 6.86. The Morgan fingerprint density at radius 1 is 0.938 bits per heavy atom. The van der Waals surface area contributed by atoms with Gasteiger partial charge in [-0.2, -0.15) is 26.3 Å². The first-order chi connectivity index (χ1) is 15.0. The standard InChI is InChI=1S/C20H14F6N4OS/c21-19(22,23)13-7-5-12(6-8-13)16(17-15(20(24,25)26)4-2-10-28-17)29-18(31)30(32)14-3-1-9-27-11-14/h1-11,16,32H,(H,29,31). The number of rotatable bonds is 4. The van der Waals surface area contributed by atoms with Crippen LogP contribution in [0.25, 0.3) is 0 Å². The summed E-state index contributed by atoms with van der Waals surface area (Å²) < 4.78 is 80.3. The number of carbonyl (C=O) groups excluding carboxylic acids is 1. The Hall–Kier alpha value is -3.28. The second-order valence-electron chi connectivity index (χ2n) is 6.46. The molecule has 168 valence electrons. The van der Waals surface area contributed by atoms with Crippen LogP contribution in [0.1, 0.15) is 28.4 Å². The zero-order valence-electron chi connectivity index (χ0n) is 15.9. The number of thiol groups is 1. The molecule has 0 aliphatic carbocycles. The lowest BCUT2D eigenvalue weighted by Crippen LogP contribution is -2.38. The summed E-state index contributed by atoms with van der Waals surface area (Å²) in [6.45, 7) is 0. The van der Waals surface area contributed by atoms with Gasteiger partial charge in [0.15, 0.2) is 0 Å². The Balaban J connectivity index is 2.04. The van der Waals surface area contributed by atoms with Gasteiger partial charge in [0.25, 0.3) is 0 Å². The summed E-state index contributed by atoms with van der Waals surface area (Å²) in [5.41, 5.74) is -2.53. The number of anilines is 1. The third kappa shape index (κ3) is 5.31. The third-order valence-corrected chi connectivity index (χ3v) is 4.75. The van der Waals surface area contributed by atoms with Crippen molar-refractivity contribution in [3.63, 3.8) is 0 Å². The molecule has 0 aliphatic heterocycles. The molecule has 1 aromatic carbocycles. The van der Waals surface area contributed by atoms with Crippen LogP contribution in [-0.2, 0) is 12.4 Å². The lowest BCUT2D eigenvalue weighted by molar-refractivity contribution is -0.139. The number of amides is 2. The van der Waals surface area contributed by atoms with Crippen LogP contribution >= 0.6 is 12.8 Å². The molecule has 0 fully saturated rings. The number of urea groups is 1. The summed E-state index contributed by atoms with van der Waals surface area (Å²) in [5.74, 6) is 0. The predicted molar refractivity (Wildman–Crippen MR) is 107 cm³/mol. The normalized spacial score (nSPS) is 12.8. The highest BCUT2D eigenvalue weighted by Gasteiger charge is 2.37.